The van der Waals surface area contributed by atoms with Crippen LogP contribution in [0.4, 0.5) is 9.39 Å². The molecule has 4 rings (SSSR count). The van der Waals surface area contributed by atoms with Crippen molar-refractivity contribution in [2.45, 2.75) is 30.8 Å². The Kier molecular flexibility index (Phi) is 6.58. The van der Waals surface area contributed by atoms with Gasteiger partial charge in [0.1, 0.15) is 16.9 Å². The average molecular weight is 485 g/mol. The number of primary sulfonamides is 1. The number of rotatable bonds is 6. The number of nitriles is 1. The molecule has 0 radical (unpaired) electrons. The molecule has 2 heterocycles. The molecule has 33 heavy (non-hydrogen) atoms. The third-order valence-corrected chi connectivity index (χ3v) is 7.50. The molecule has 10 heteroatoms. The predicted molar refractivity (Wildman–Crippen MR) is 123 cm³/mol. The quantitative estimate of drug-likeness (QED) is 0.558. The van der Waals surface area contributed by atoms with Gasteiger partial charge in [0.25, 0.3) is 0 Å². The van der Waals surface area contributed by atoms with Gasteiger partial charge in [0.15, 0.2) is 0 Å². The highest BCUT2D eigenvalue weighted by Crippen LogP contribution is 2.37. The van der Waals surface area contributed by atoms with Gasteiger partial charge in [0.05, 0.1) is 16.9 Å². The van der Waals surface area contributed by atoms with Gasteiger partial charge in [-0.05, 0) is 47.4 Å². The van der Waals surface area contributed by atoms with E-state index >= 15 is 0 Å². The van der Waals surface area contributed by atoms with Gasteiger partial charge in [-0.3, -0.25) is 9.69 Å². The monoisotopic (exact) mass is 484 g/mol. The van der Waals surface area contributed by atoms with E-state index in [4.69, 9.17) is 5.14 Å². The molecule has 170 valence electrons. The van der Waals surface area contributed by atoms with E-state index in [1.54, 1.807) is 12.1 Å². The highest BCUT2D eigenvalue weighted by molar-refractivity contribution is 7.89. The minimum absolute atomic E-state index is 0.0189. The largest absolute Gasteiger partial charge is 0.316 e. The Hall–Kier alpha value is -3.10. The smallest absolute Gasteiger partial charge is 0.238 e. The number of fused-ring (bicyclic) bond motifs is 1. The zero-order chi connectivity index (χ0) is 23.6. The number of sulfonamides is 1. The minimum atomic E-state index is -3.79. The summed E-state index contributed by atoms with van der Waals surface area (Å²) in [4.78, 5) is 15.8. The molecule has 1 aliphatic rings. The average Bonchev–Trinajstić information content (AvgIpc) is 3.11. The normalized spacial score (nSPS) is 13.8. The van der Waals surface area contributed by atoms with Crippen molar-refractivity contribution in [3.8, 4) is 6.07 Å². The van der Waals surface area contributed by atoms with Crippen molar-refractivity contribution in [2.75, 3.05) is 11.9 Å². The van der Waals surface area contributed by atoms with E-state index in [1.165, 1.54) is 47.7 Å². The fourth-order valence-electron chi connectivity index (χ4n) is 3.80. The summed E-state index contributed by atoms with van der Waals surface area (Å²) in [6.45, 7) is 2.09. The fourth-order valence-corrected chi connectivity index (χ4v) is 5.57. The zero-order valence-electron chi connectivity index (χ0n) is 17.5. The number of hydrogen-bond donors (Lipinski definition) is 2. The summed E-state index contributed by atoms with van der Waals surface area (Å²) < 4.78 is 35.9. The number of nitrogens with two attached hydrogens (primary N) is 1. The van der Waals surface area contributed by atoms with Gasteiger partial charge in [-0.2, -0.15) is 5.26 Å². The SMILES string of the molecule is N#Cc1c(NC(=O)Cc2ccc(S(N)(=O)=O)cc2)sc2c1CCN(Cc1ccc(F)cc1)C2. The van der Waals surface area contributed by atoms with Crippen molar-refractivity contribution in [1.29, 1.82) is 5.26 Å². The summed E-state index contributed by atoms with van der Waals surface area (Å²) in [6, 6.07) is 14.4. The molecule has 0 spiro atoms. The van der Waals surface area contributed by atoms with Crippen molar-refractivity contribution >= 4 is 32.3 Å². The third-order valence-electron chi connectivity index (χ3n) is 5.44. The van der Waals surface area contributed by atoms with Crippen LogP contribution in [0.3, 0.4) is 0 Å². The number of carbonyl (C=O) groups is 1. The predicted octanol–water partition coefficient (Wildman–Crippen LogP) is 3.15. The lowest BCUT2D eigenvalue weighted by atomic mass is 10.0. The first kappa shape index (κ1) is 23.1. The molecular formula is C23H21FN4O3S2. The fraction of sp³-hybridized carbons (Fsp3) is 0.217. The maximum atomic E-state index is 13.1. The second-order valence-electron chi connectivity index (χ2n) is 7.82. The first-order valence-electron chi connectivity index (χ1n) is 10.2. The number of thiophene rings is 1. The molecule has 3 N–H and O–H groups in total. The van der Waals surface area contributed by atoms with Crippen LogP contribution in [0.1, 0.15) is 27.1 Å². The van der Waals surface area contributed by atoms with Gasteiger partial charge in [0, 0.05) is 24.5 Å². The number of halogens is 1. The molecule has 1 amide bonds. The van der Waals surface area contributed by atoms with Gasteiger partial charge in [-0.1, -0.05) is 24.3 Å². The van der Waals surface area contributed by atoms with E-state index in [9.17, 15) is 22.9 Å². The molecule has 0 fully saturated rings. The maximum absolute atomic E-state index is 13.1. The number of nitrogens with zero attached hydrogens (tertiary/aromatic N) is 2. The zero-order valence-corrected chi connectivity index (χ0v) is 19.2. The molecule has 1 aromatic heterocycles. The Balaban J connectivity index is 1.44. The lowest BCUT2D eigenvalue weighted by molar-refractivity contribution is -0.115. The topological polar surface area (TPSA) is 116 Å². The van der Waals surface area contributed by atoms with E-state index in [2.05, 4.69) is 16.3 Å². The van der Waals surface area contributed by atoms with Crippen LogP contribution in [0.5, 0.6) is 0 Å². The minimum Gasteiger partial charge on any atom is -0.316 e. The number of nitrogens with one attached hydrogen (secondary N) is 1. The summed E-state index contributed by atoms with van der Waals surface area (Å²) in [6.07, 6.45) is 0.732. The molecule has 7 nitrogen and oxygen atoms in total. The van der Waals surface area contributed by atoms with Crippen molar-refractivity contribution in [3.63, 3.8) is 0 Å². The van der Waals surface area contributed by atoms with Crippen molar-refractivity contribution in [2.24, 2.45) is 5.14 Å². The second kappa shape index (κ2) is 9.41. The molecule has 0 atom stereocenters. The van der Waals surface area contributed by atoms with Crippen LogP contribution in [0.25, 0.3) is 0 Å². The van der Waals surface area contributed by atoms with Crippen LogP contribution in [-0.2, 0) is 40.7 Å². The molecule has 0 aliphatic carbocycles. The summed E-state index contributed by atoms with van der Waals surface area (Å²) >= 11 is 1.40. The lowest BCUT2D eigenvalue weighted by Gasteiger charge is -2.26. The molecule has 0 saturated heterocycles. The van der Waals surface area contributed by atoms with E-state index in [1.807, 2.05) is 0 Å². The summed E-state index contributed by atoms with van der Waals surface area (Å²) in [5.74, 6) is -0.561. The van der Waals surface area contributed by atoms with Crippen LogP contribution in [0.2, 0.25) is 0 Å². The number of hydrogen-bond acceptors (Lipinski definition) is 6. The highest BCUT2D eigenvalue weighted by atomic mass is 32.2. The second-order valence-corrected chi connectivity index (χ2v) is 10.5. The van der Waals surface area contributed by atoms with Crippen LogP contribution in [0.15, 0.2) is 53.4 Å². The summed E-state index contributed by atoms with van der Waals surface area (Å²) in [5.41, 5.74) is 3.10. The molecule has 3 aromatic rings. The lowest BCUT2D eigenvalue weighted by Crippen LogP contribution is -2.29. The van der Waals surface area contributed by atoms with Gasteiger partial charge in [-0.25, -0.2) is 17.9 Å². The third kappa shape index (κ3) is 5.46. The van der Waals surface area contributed by atoms with Gasteiger partial charge < -0.3 is 5.32 Å². The first-order chi connectivity index (χ1) is 15.7. The highest BCUT2D eigenvalue weighted by Gasteiger charge is 2.25. The van der Waals surface area contributed by atoms with Crippen LogP contribution >= 0.6 is 11.3 Å². The van der Waals surface area contributed by atoms with Gasteiger partial charge in [-0.15, -0.1) is 11.3 Å². The van der Waals surface area contributed by atoms with Crippen LogP contribution in [-0.4, -0.2) is 25.8 Å². The Morgan fingerprint density at radius 2 is 1.82 bits per heavy atom. The number of carbonyl (C=O) groups excluding carboxylic acids is 1. The molecule has 0 unspecified atom stereocenters. The van der Waals surface area contributed by atoms with E-state index < -0.39 is 10.0 Å². The van der Waals surface area contributed by atoms with Gasteiger partial charge in [0.2, 0.25) is 15.9 Å². The Morgan fingerprint density at radius 3 is 2.45 bits per heavy atom. The molecular weight excluding hydrogens is 463 g/mol. The first-order valence-corrected chi connectivity index (χ1v) is 12.5. The van der Waals surface area contributed by atoms with Crippen molar-refractivity contribution < 1.29 is 17.6 Å². The van der Waals surface area contributed by atoms with Gasteiger partial charge >= 0.3 is 0 Å². The summed E-state index contributed by atoms with van der Waals surface area (Å²) in [7, 11) is -3.79. The van der Waals surface area contributed by atoms with E-state index in [0.29, 0.717) is 35.6 Å². The Morgan fingerprint density at radius 1 is 1.15 bits per heavy atom. The number of amides is 1. The van der Waals surface area contributed by atoms with E-state index in [-0.39, 0.29) is 23.0 Å². The van der Waals surface area contributed by atoms with Crippen LogP contribution < -0.4 is 10.5 Å². The molecule has 0 bridgehead atoms. The molecule has 0 saturated carbocycles. The van der Waals surface area contributed by atoms with Crippen molar-refractivity contribution in [1.82, 2.24) is 4.90 Å². The standard InChI is InChI=1S/C23H21FN4O3S2/c24-17-5-1-16(2-6-17)13-28-10-9-19-20(12-25)23(32-21(19)14-28)27-22(29)11-15-3-7-18(8-4-15)33(26,30)31/h1-8H,9-11,13-14H2,(H,27,29)(H2,26,30,31). The number of benzene rings is 2. The van der Waals surface area contributed by atoms with Crippen molar-refractivity contribution in [3.05, 3.63) is 81.5 Å². The molecule has 1 aliphatic heterocycles. The summed E-state index contributed by atoms with van der Waals surface area (Å²) in [5, 5.41) is 18.1. The van der Waals surface area contributed by atoms with Crippen LogP contribution in [0, 0.1) is 17.1 Å². The van der Waals surface area contributed by atoms with E-state index in [0.717, 1.165) is 22.5 Å². The maximum Gasteiger partial charge on any atom is 0.238 e. The Bertz CT molecular complexity index is 1330. The molecule has 2 aromatic carbocycles. The number of anilines is 1. The Labute approximate surface area is 195 Å².